The third-order valence-electron chi connectivity index (χ3n) is 6.68. The van der Waals surface area contributed by atoms with Crippen LogP contribution in [0.4, 0.5) is 4.39 Å². The Hall–Kier alpha value is -1.63. The maximum Gasteiger partial charge on any atom is 0.267 e. The van der Waals surface area contributed by atoms with Crippen LogP contribution >= 0.6 is 0 Å². The highest BCUT2D eigenvalue weighted by atomic mass is 32.2. The van der Waals surface area contributed by atoms with Crippen LogP contribution in [0.25, 0.3) is 0 Å². The van der Waals surface area contributed by atoms with Gasteiger partial charge in [-0.1, -0.05) is 0 Å². The van der Waals surface area contributed by atoms with Gasteiger partial charge in [-0.15, -0.1) is 0 Å². The summed E-state index contributed by atoms with van der Waals surface area (Å²) in [6, 6.07) is 2.77. The van der Waals surface area contributed by atoms with Gasteiger partial charge in [0.15, 0.2) is 0 Å². The van der Waals surface area contributed by atoms with Crippen LogP contribution in [0.2, 0.25) is 0 Å². The van der Waals surface area contributed by atoms with E-state index in [1.165, 1.54) is 37.8 Å². The summed E-state index contributed by atoms with van der Waals surface area (Å²) in [6.45, 7) is 0.587. The predicted molar refractivity (Wildman–Crippen MR) is 102 cm³/mol. The summed E-state index contributed by atoms with van der Waals surface area (Å²) in [6.07, 6.45) is 8.06. The number of ether oxygens (including phenoxy) is 1. The van der Waals surface area contributed by atoms with Crippen LogP contribution in [-0.4, -0.2) is 26.2 Å². The van der Waals surface area contributed by atoms with Gasteiger partial charge in [0, 0.05) is 6.07 Å². The van der Waals surface area contributed by atoms with Gasteiger partial charge in [-0.2, -0.15) is 0 Å². The molecular formula is C21H26FNO4S. The zero-order valence-corrected chi connectivity index (χ0v) is 16.6. The van der Waals surface area contributed by atoms with E-state index in [9.17, 15) is 17.6 Å². The second-order valence-electron chi connectivity index (χ2n) is 9.07. The molecule has 0 spiro atoms. The quantitative estimate of drug-likeness (QED) is 0.747. The Bertz CT molecular complexity index is 907. The number of rotatable bonds is 7. The highest BCUT2D eigenvalue weighted by Gasteiger charge is 2.42. The number of amides is 1. The van der Waals surface area contributed by atoms with Crippen molar-refractivity contribution in [1.82, 2.24) is 4.72 Å². The van der Waals surface area contributed by atoms with Gasteiger partial charge in [0.1, 0.15) is 11.6 Å². The van der Waals surface area contributed by atoms with Gasteiger partial charge in [-0.3, -0.25) is 4.79 Å². The molecule has 0 aromatic heterocycles. The SMILES string of the molecule is O=C(NS(=O)(=O)C1CC1)c1cc(C2CC2)c(OCC2CCC3CC3C2)cc1F. The summed E-state index contributed by atoms with van der Waals surface area (Å²) in [5.41, 5.74) is 0.618. The lowest BCUT2D eigenvalue weighted by Gasteiger charge is -2.22. The minimum absolute atomic E-state index is 0.211. The van der Waals surface area contributed by atoms with E-state index in [0.29, 0.717) is 31.1 Å². The first kappa shape index (κ1) is 18.4. The molecule has 1 amide bonds. The summed E-state index contributed by atoms with van der Waals surface area (Å²) in [5, 5.41) is -0.522. The Morgan fingerprint density at radius 3 is 2.54 bits per heavy atom. The summed E-state index contributed by atoms with van der Waals surface area (Å²) in [4.78, 5) is 12.4. The predicted octanol–water partition coefficient (Wildman–Crippen LogP) is 3.74. The highest BCUT2D eigenvalue weighted by molar-refractivity contribution is 7.91. The van der Waals surface area contributed by atoms with Crippen LogP contribution in [0.3, 0.4) is 0 Å². The fraction of sp³-hybridized carbons (Fsp3) is 0.667. The van der Waals surface area contributed by atoms with E-state index in [2.05, 4.69) is 0 Å². The molecule has 1 N–H and O–H groups in total. The van der Waals surface area contributed by atoms with Crippen LogP contribution in [-0.2, 0) is 10.0 Å². The van der Waals surface area contributed by atoms with Crippen molar-refractivity contribution in [1.29, 1.82) is 0 Å². The van der Waals surface area contributed by atoms with Crippen LogP contribution in [0.1, 0.15) is 73.2 Å². The number of hydrogen-bond acceptors (Lipinski definition) is 4. The van der Waals surface area contributed by atoms with Gasteiger partial charge in [0.05, 0.1) is 17.4 Å². The van der Waals surface area contributed by atoms with Crippen molar-refractivity contribution in [3.05, 3.63) is 29.1 Å². The Balaban J connectivity index is 1.32. The van der Waals surface area contributed by atoms with Crippen molar-refractivity contribution in [2.75, 3.05) is 6.61 Å². The number of carbonyl (C=O) groups excluding carboxylic acids is 1. The molecule has 3 unspecified atom stereocenters. The van der Waals surface area contributed by atoms with E-state index in [1.54, 1.807) is 0 Å². The van der Waals surface area contributed by atoms with Crippen molar-refractivity contribution in [3.8, 4) is 5.75 Å². The minimum atomic E-state index is -3.70. The third-order valence-corrected chi connectivity index (χ3v) is 8.50. The maximum absolute atomic E-state index is 14.7. The summed E-state index contributed by atoms with van der Waals surface area (Å²) in [7, 11) is -3.70. The highest BCUT2D eigenvalue weighted by Crippen LogP contribution is 2.51. The lowest BCUT2D eigenvalue weighted by atomic mass is 9.90. The Labute approximate surface area is 165 Å². The van der Waals surface area contributed by atoms with E-state index in [0.717, 1.165) is 30.2 Å². The molecule has 1 aromatic carbocycles. The van der Waals surface area contributed by atoms with Crippen molar-refractivity contribution in [2.45, 2.75) is 62.5 Å². The van der Waals surface area contributed by atoms with Crippen LogP contribution in [0.15, 0.2) is 12.1 Å². The Morgan fingerprint density at radius 2 is 1.86 bits per heavy atom. The monoisotopic (exact) mass is 407 g/mol. The van der Waals surface area contributed by atoms with Crippen molar-refractivity contribution >= 4 is 15.9 Å². The number of nitrogens with one attached hydrogen (secondary N) is 1. The molecule has 0 heterocycles. The largest absolute Gasteiger partial charge is 0.493 e. The Kier molecular flexibility index (Phi) is 4.41. The lowest BCUT2D eigenvalue weighted by Crippen LogP contribution is -2.33. The molecule has 4 saturated carbocycles. The van der Waals surface area contributed by atoms with Gasteiger partial charge in [-0.05, 0) is 86.7 Å². The van der Waals surface area contributed by atoms with E-state index < -0.39 is 27.0 Å². The second-order valence-corrected chi connectivity index (χ2v) is 11.0. The van der Waals surface area contributed by atoms with Gasteiger partial charge < -0.3 is 4.74 Å². The maximum atomic E-state index is 14.7. The van der Waals surface area contributed by atoms with Gasteiger partial charge in [0.25, 0.3) is 5.91 Å². The smallest absolute Gasteiger partial charge is 0.267 e. The molecule has 152 valence electrons. The molecule has 0 aliphatic heterocycles. The summed E-state index contributed by atoms with van der Waals surface area (Å²) in [5.74, 6) is 1.48. The molecule has 28 heavy (non-hydrogen) atoms. The van der Waals surface area contributed by atoms with Crippen LogP contribution < -0.4 is 9.46 Å². The molecule has 4 aliphatic carbocycles. The topological polar surface area (TPSA) is 72.5 Å². The van der Waals surface area contributed by atoms with Gasteiger partial charge in [-0.25, -0.2) is 17.5 Å². The minimum Gasteiger partial charge on any atom is -0.493 e. The molecular weight excluding hydrogens is 381 g/mol. The molecule has 0 saturated heterocycles. The zero-order valence-electron chi connectivity index (χ0n) is 15.8. The summed E-state index contributed by atoms with van der Waals surface area (Å²) < 4.78 is 46.7. The molecule has 5 rings (SSSR count). The van der Waals surface area contributed by atoms with E-state index in [-0.39, 0.29) is 11.5 Å². The standard InChI is InChI=1S/C21H26FNO4S/c22-19-10-20(27-11-12-1-2-14-8-15(14)7-12)17(13-3-4-13)9-18(19)21(24)23-28(25,26)16-5-6-16/h9-10,12-16H,1-8,11H2,(H,23,24). The average Bonchev–Trinajstić information content (AvgIpc) is 3.52. The van der Waals surface area contributed by atoms with Crippen LogP contribution in [0, 0.1) is 23.6 Å². The zero-order chi connectivity index (χ0) is 19.5. The fourth-order valence-corrected chi connectivity index (χ4v) is 5.83. The van der Waals surface area contributed by atoms with Crippen molar-refractivity contribution < 1.29 is 22.3 Å². The molecule has 5 nitrogen and oxygen atoms in total. The number of sulfonamides is 1. The molecule has 4 aliphatic rings. The third kappa shape index (κ3) is 3.78. The number of benzene rings is 1. The van der Waals surface area contributed by atoms with Crippen LogP contribution in [0.5, 0.6) is 5.75 Å². The molecule has 0 bridgehead atoms. The van der Waals surface area contributed by atoms with E-state index in [4.69, 9.17) is 4.74 Å². The fourth-order valence-electron chi connectivity index (χ4n) is 4.54. The normalized spacial score (nSPS) is 29.1. The number of carbonyl (C=O) groups is 1. The van der Waals surface area contributed by atoms with Gasteiger partial charge >= 0.3 is 0 Å². The number of fused-ring (bicyclic) bond motifs is 1. The Morgan fingerprint density at radius 1 is 1.07 bits per heavy atom. The van der Waals surface area contributed by atoms with Crippen molar-refractivity contribution in [3.63, 3.8) is 0 Å². The molecule has 7 heteroatoms. The number of halogens is 1. The molecule has 0 radical (unpaired) electrons. The van der Waals surface area contributed by atoms with Gasteiger partial charge in [0.2, 0.25) is 10.0 Å². The lowest BCUT2D eigenvalue weighted by molar-refractivity contribution is 0.0977. The first-order valence-electron chi connectivity index (χ1n) is 10.4. The molecule has 4 fully saturated rings. The first-order valence-corrected chi connectivity index (χ1v) is 12.0. The molecule has 1 aromatic rings. The number of hydrogen-bond donors (Lipinski definition) is 1. The second kappa shape index (κ2) is 6.71. The van der Waals surface area contributed by atoms with E-state index in [1.807, 2.05) is 4.72 Å². The van der Waals surface area contributed by atoms with Crippen molar-refractivity contribution in [2.24, 2.45) is 17.8 Å². The first-order chi connectivity index (χ1) is 13.4. The summed E-state index contributed by atoms with van der Waals surface area (Å²) >= 11 is 0. The molecule has 3 atom stereocenters. The van der Waals surface area contributed by atoms with E-state index >= 15 is 0 Å². The average molecular weight is 408 g/mol.